The molecule has 0 bridgehead atoms. The van der Waals surface area contributed by atoms with Crippen LogP contribution in [0.1, 0.15) is 10.4 Å². The molecule has 0 unspecified atom stereocenters. The summed E-state index contributed by atoms with van der Waals surface area (Å²) in [6.07, 6.45) is 3.10. The van der Waals surface area contributed by atoms with Crippen LogP contribution < -0.4 is 10.5 Å². The van der Waals surface area contributed by atoms with Crippen molar-refractivity contribution in [2.24, 2.45) is 5.14 Å². The topological polar surface area (TPSA) is 102 Å². The van der Waals surface area contributed by atoms with E-state index in [9.17, 15) is 13.2 Å². The van der Waals surface area contributed by atoms with E-state index < -0.39 is 10.0 Å². The van der Waals surface area contributed by atoms with Gasteiger partial charge in [0, 0.05) is 11.8 Å². The highest BCUT2D eigenvalue weighted by Gasteiger charge is 2.10. The molecule has 0 aliphatic heterocycles. The number of hydrogen-bond acceptors (Lipinski definition) is 4. The van der Waals surface area contributed by atoms with Crippen LogP contribution in [0.15, 0.2) is 53.7 Å². The molecule has 0 spiro atoms. The zero-order chi connectivity index (χ0) is 13.9. The summed E-state index contributed by atoms with van der Waals surface area (Å²) in [4.78, 5) is 15.7. The number of aromatic nitrogens is 1. The summed E-state index contributed by atoms with van der Waals surface area (Å²) in [6, 6.07) is 8.75. The van der Waals surface area contributed by atoms with Crippen LogP contribution in [0.5, 0.6) is 0 Å². The van der Waals surface area contributed by atoms with Crippen molar-refractivity contribution in [1.29, 1.82) is 0 Å². The average molecular weight is 277 g/mol. The lowest BCUT2D eigenvalue weighted by molar-refractivity contribution is 0.102. The fraction of sp³-hybridized carbons (Fsp3) is 0. The molecule has 1 aromatic carbocycles. The molecule has 0 radical (unpaired) electrons. The summed E-state index contributed by atoms with van der Waals surface area (Å²) in [6.45, 7) is 0. The van der Waals surface area contributed by atoms with Crippen LogP contribution >= 0.6 is 0 Å². The summed E-state index contributed by atoms with van der Waals surface area (Å²) in [5.74, 6) is -0.353. The van der Waals surface area contributed by atoms with Gasteiger partial charge in [0.1, 0.15) is 0 Å². The summed E-state index contributed by atoms with van der Waals surface area (Å²) in [5.41, 5.74) is 0.888. The molecule has 19 heavy (non-hydrogen) atoms. The van der Waals surface area contributed by atoms with Gasteiger partial charge in [0.05, 0.1) is 16.8 Å². The Hall–Kier alpha value is -2.25. The molecule has 98 valence electrons. The Bertz CT molecular complexity index is 682. The van der Waals surface area contributed by atoms with Crippen molar-refractivity contribution in [3.63, 3.8) is 0 Å². The number of pyridine rings is 1. The third kappa shape index (κ3) is 3.36. The van der Waals surface area contributed by atoms with Gasteiger partial charge in [-0.15, -0.1) is 0 Å². The number of rotatable bonds is 3. The smallest absolute Gasteiger partial charge is 0.255 e. The summed E-state index contributed by atoms with van der Waals surface area (Å²) < 4.78 is 22.1. The van der Waals surface area contributed by atoms with Crippen molar-refractivity contribution < 1.29 is 13.2 Å². The number of nitrogens with zero attached hydrogens (tertiary/aromatic N) is 1. The van der Waals surface area contributed by atoms with Gasteiger partial charge in [-0.25, -0.2) is 13.6 Å². The third-order valence-electron chi connectivity index (χ3n) is 2.36. The lowest BCUT2D eigenvalue weighted by Crippen LogP contribution is -2.14. The van der Waals surface area contributed by atoms with E-state index in [1.807, 2.05) is 0 Å². The number of amides is 1. The Morgan fingerprint density at radius 1 is 1.16 bits per heavy atom. The van der Waals surface area contributed by atoms with Gasteiger partial charge in [0.2, 0.25) is 10.0 Å². The molecule has 2 aromatic rings. The molecular weight excluding hydrogens is 266 g/mol. The van der Waals surface area contributed by atoms with Crippen molar-refractivity contribution in [3.8, 4) is 0 Å². The highest BCUT2D eigenvalue weighted by atomic mass is 32.2. The van der Waals surface area contributed by atoms with Crippen molar-refractivity contribution in [3.05, 3.63) is 54.4 Å². The number of hydrogen-bond donors (Lipinski definition) is 2. The minimum atomic E-state index is -3.75. The third-order valence-corrected chi connectivity index (χ3v) is 3.29. The van der Waals surface area contributed by atoms with Gasteiger partial charge in [-0.2, -0.15) is 0 Å². The number of benzene rings is 1. The van der Waals surface area contributed by atoms with E-state index in [1.165, 1.54) is 30.5 Å². The quantitative estimate of drug-likeness (QED) is 0.873. The molecule has 0 aliphatic rings. The number of sulfonamides is 1. The Kier molecular flexibility index (Phi) is 3.59. The van der Waals surface area contributed by atoms with E-state index in [-0.39, 0.29) is 10.8 Å². The molecule has 2 rings (SSSR count). The van der Waals surface area contributed by atoms with Crippen molar-refractivity contribution >= 4 is 21.6 Å². The highest BCUT2D eigenvalue weighted by molar-refractivity contribution is 7.89. The van der Waals surface area contributed by atoms with Crippen molar-refractivity contribution in [2.45, 2.75) is 4.90 Å². The molecule has 1 heterocycles. The first kappa shape index (κ1) is 13.2. The van der Waals surface area contributed by atoms with Gasteiger partial charge in [0.25, 0.3) is 5.91 Å². The molecule has 7 heteroatoms. The molecule has 0 atom stereocenters. The first-order valence-corrected chi connectivity index (χ1v) is 6.86. The lowest BCUT2D eigenvalue weighted by atomic mass is 10.2. The van der Waals surface area contributed by atoms with Crippen LogP contribution in [0.2, 0.25) is 0 Å². The zero-order valence-corrected chi connectivity index (χ0v) is 10.6. The fourth-order valence-electron chi connectivity index (χ4n) is 1.44. The van der Waals surface area contributed by atoms with Crippen LogP contribution in [-0.2, 0) is 10.0 Å². The molecule has 3 N–H and O–H groups in total. The molecule has 0 saturated heterocycles. The average Bonchev–Trinajstić information content (AvgIpc) is 2.39. The minimum absolute atomic E-state index is 0.0366. The van der Waals surface area contributed by atoms with E-state index in [1.54, 1.807) is 18.3 Å². The Morgan fingerprint density at radius 3 is 2.37 bits per heavy atom. The van der Waals surface area contributed by atoms with Gasteiger partial charge in [-0.3, -0.25) is 9.78 Å². The molecular formula is C12H11N3O3S. The Labute approximate surface area is 110 Å². The SMILES string of the molecule is NS(=O)(=O)c1ccc(C(=O)Nc2cccnc2)cc1. The molecule has 0 aliphatic carbocycles. The second-order valence-corrected chi connectivity index (χ2v) is 5.33. The van der Waals surface area contributed by atoms with E-state index in [0.29, 0.717) is 11.3 Å². The predicted octanol–water partition coefficient (Wildman–Crippen LogP) is 0.981. The predicted molar refractivity (Wildman–Crippen MR) is 70.0 cm³/mol. The first-order valence-electron chi connectivity index (χ1n) is 5.31. The van der Waals surface area contributed by atoms with Crippen LogP contribution in [0.4, 0.5) is 5.69 Å². The number of nitrogens with two attached hydrogens (primary N) is 1. The molecule has 0 fully saturated rings. The second kappa shape index (κ2) is 5.17. The number of carbonyl (C=O) groups excluding carboxylic acids is 1. The highest BCUT2D eigenvalue weighted by Crippen LogP contribution is 2.11. The second-order valence-electron chi connectivity index (χ2n) is 3.77. The molecule has 6 nitrogen and oxygen atoms in total. The van der Waals surface area contributed by atoms with E-state index in [4.69, 9.17) is 5.14 Å². The summed E-state index contributed by atoms with van der Waals surface area (Å²) in [7, 11) is -3.75. The van der Waals surface area contributed by atoms with Crippen molar-refractivity contribution in [1.82, 2.24) is 4.98 Å². The van der Waals surface area contributed by atoms with Gasteiger partial charge >= 0.3 is 0 Å². The van der Waals surface area contributed by atoms with Crippen LogP contribution in [0, 0.1) is 0 Å². The summed E-state index contributed by atoms with van der Waals surface area (Å²) >= 11 is 0. The van der Waals surface area contributed by atoms with Gasteiger partial charge in [-0.05, 0) is 36.4 Å². The minimum Gasteiger partial charge on any atom is -0.321 e. The Balaban J connectivity index is 2.17. The lowest BCUT2D eigenvalue weighted by Gasteiger charge is -2.05. The van der Waals surface area contributed by atoms with E-state index in [0.717, 1.165) is 0 Å². The summed E-state index contributed by atoms with van der Waals surface area (Å²) in [5, 5.41) is 7.60. The number of carbonyl (C=O) groups is 1. The van der Waals surface area contributed by atoms with Gasteiger partial charge < -0.3 is 5.32 Å². The number of primary sulfonamides is 1. The normalized spacial score (nSPS) is 11.0. The molecule has 1 aromatic heterocycles. The standard InChI is InChI=1S/C12H11N3O3S/c13-19(17,18)11-5-3-9(4-6-11)12(16)15-10-2-1-7-14-8-10/h1-8H,(H,15,16)(H2,13,17,18). The van der Waals surface area contributed by atoms with Gasteiger partial charge in [0.15, 0.2) is 0 Å². The van der Waals surface area contributed by atoms with Gasteiger partial charge in [-0.1, -0.05) is 0 Å². The monoisotopic (exact) mass is 277 g/mol. The maximum Gasteiger partial charge on any atom is 0.255 e. The molecule has 1 amide bonds. The maximum absolute atomic E-state index is 11.9. The van der Waals surface area contributed by atoms with E-state index in [2.05, 4.69) is 10.3 Å². The first-order chi connectivity index (χ1) is 8.97. The largest absolute Gasteiger partial charge is 0.321 e. The maximum atomic E-state index is 11.9. The van der Waals surface area contributed by atoms with Crippen molar-refractivity contribution in [2.75, 3.05) is 5.32 Å². The van der Waals surface area contributed by atoms with Crippen LogP contribution in [0.3, 0.4) is 0 Å². The Morgan fingerprint density at radius 2 is 1.84 bits per heavy atom. The van der Waals surface area contributed by atoms with Crippen LogP contribution in [0.25, 0.3) is 0 Å². The molecule has 0 saturated carbocycles. The van der Waals surface area contributed by atoms with E-state index >= 15 is 0 Å². The van der Waals surface area contributed by atoms with Crippen LogP contribution in [-0.4, -0.2) is 19.3 Å². The number of nitrogens with one attached hydrogen (secondary N) is 1. The zero-order valence-electron chi connectivity index (χ0n) is 9.78. The fourth-order valence-corrected chi connectivity index (χ4v) is 1.95. The number of anilines is 1.